The number of nitrogens with zero attached hydrogens (tertiary/aromatic N) is 2. The van der Waals surface area contributed by atoms with E-state index in [1.54, 1.807) is 0 Å². The Kier molecular flexibility index (Phi) is 4.54. The molecular weight excluding hydrogens is 258 g/mol. The lowest BCUT2D eigenvalue weighted by molar-refractivity contribution is 0.0946. The minimum atomic E-state index is -0.00879. The van der Waals surface area contributed by atoms with Gasteiger partial charge in [0.25, 0.3) is 5.91 Å². The van der Waals surface area contributed by atoms with Crippen molar-refractivity contribution in [3.05, 3.63) is 15.6 Å². The molecule has 5 heteroatoms. The number of amides is 1. The van der Waals surface area contributed by atoms with Crippen molar-refractivity contribution in [3.63, 3.8) is 0 Å². The summed E-state index contributed by atoms with van der Waals surface area (Å²) in [5, 5.41) is 12.8. The third-order valence-corrected chi connectivity index (χ3v) is 4.76. The predicted octanol–water partition coefficient (Wildman–Crippen LogP) is 2.82. The van der Waals surface area contributed by atoms with Gasteiger partial charge in [-0.05, 0) is 45.4 Å². The maximum atomic E-state index is 12.0. The summed E-state index contributed by atoms with van der Waals surface area (Å²) < 4.78 is 0. The number of rotatable bonds is 3. The summed E-state index contributed by atoms with van der Waals surface area (Å²) in [7, 11) is 0. The second-order valence-electron chi connectivity index (χ2n) is 5.20. The Morgan fingerprint density at radius 1 is 1.42 bits per heavy atom. The number of hydrogen-bond donors (Lipinski definition) is 1. The van der Waals surface area contributed by atoms with Crippen LogP contribution in [0.5, 0.6) is 0 Å². The van der Waals surface area contributed by atoms with E-state index in [-0.39, 0.29) is 11.8 Å². The minimum absolute atomic E-state index is 0.00879. The molecule has 0 aromatic carbocycles. The largest absolute Gasteiger partial charge is 0.351 e. The topological polar surface area (TPSA) is 65.8 Å². The molecule has 1 aromatic heterocycles. The fourth-order valence-electron chi connectivity index (χ4n) is 2.55. The summed E-state index contributed by atoms with van der Waals surface area (Å²) >= 11 is 1.45. The van der Waals surface area contributed by atoms with Crippen LogP contribution in [0.2, 0.25) is 0 Å². The van der Waals surface area contributed by atoms with E-state index in [2.05, 4.69) is 16.4 Å². The number of thiazole rings is 1. The molecule has 1 heterocycles. The fraction of sp³-hybridized carbons (Fsp3) is 0.643. The van der Waals surface area contributed by atoms with Crippen molar-refractivity contribution in [3.8, 4) is 6.07 Å². The highest BCUT2D eigenvalue weighted by Gasteiger charge is 2.22. The van der Waals surface area contributed by atoms with Crippen molar-refractivity contribution in [2.45, 2.75) is 39.5 Å². The number of carbonyl (C=O) groups is 1. The van der Waals surface area contributed by atoms with Crippen molar-refractivity contribution in [1.29, 1.82) is 5.26 Å². The number of nitriles is 1. The number of carbonyl (C=O) groups excluding carboxylic acids is 1. The number of nitrogens with one attached hydrogen (secondary N) is 1. The van der Waals surface area contributed by atoms with Gasteiger partial charge in [0.2, 0.25) is 0 Å². The zero-order valence-corrected chi connectivity index (χ0v) is 12.2. The number of hydrogen-bond acceptors (Lipinski definition) is 4. The Bertz CT molecular complexity index is 495. The molecule has 2 rings (SSSR count). The molecule has 102 valence electrons. The van der Waals surface area contributed by atoms with Crippen LogP contribution in [0.25, 0.3) is 0 Å². The molecule has 0 radical (unpaired) electrons. The van der Waals surface area contributed by atoms with Crippen LogP contribution >= 0.6 is 11.3 Å². The van der Waals surface area contributed by atoms with Crippen molar-refractivity contribution >= 4 is 17.2 Å². The van der Waals surface area contributed by atoms with Gasteiger partial charge < -0.3 is 5.32 Å². The van der Waals surface area contributed by atoms with Crippen LogP contribution in [0.15, 0.2) is 0 Å². The highest BCUT2D eigenvalue weighted by molar-refractivity contribution is 7.13. The van der Waals surface area contributed by atoms with Gasteiger partial charge in [-0.15, -0.1) is 11.3 Å². The highest BCUT2D eigenvalue weighted by Crippen LogP contribution is 2.27. The molecule has 0 bridgehead atoms. The average molecular weight is 277 g/mol. The van der Waals surface area contributed by atoms with Crippen LogP contribution in [0.1, 0.15) is 46.1 Å². The van der Waals surface area contributed by atoms with Gasteiger partial charge in [-0.2, -0.15) is 5.26 Å². The summed E-state index contributed by atoms with van der Waals surface area (Å²) in [4.78, 5) is 17.0. The van der Waals surface area contributed by atoms with Crippen LogP contribution in [-0.2, 0) is 0 Å². The molecule has 0 atom stereocenters. The van der Waals surface area contributed by atoms with E-state index < -0.39 is 0 Å². The van der Waals surface area contributed by atoms with Crippen molar-refractivity contribution in [1.82, 2.24) is 10.3 Å². The van der Waals surface area contributed by atoms with Gasteiger partial charge in [0.15, 0.2) is 0 Å². The number of aryl methyl sites for hydroxylation is 2. The molecule has 1 saturated carbocycles. The first-order valence-electron chi connectivity index (χ1n) is 6.72. The Balaban J connectivity index is 1.82. The van der Waals surface area contributed by atoms with E-state index in [0.717, 1.165) is 41.3 Å². The van der Waals surface area contributed by atoms with Gasteiger partial charge >= 0.3 is 0 Å². The van der Waals surface area contributed by atoms with Crippen LogP contribution in [0.3, 0.4) is 0 Å². The van der Waals surface area contributed by atoms with E-state index >= 15 is 0 Å². The van der Waals surface area contributed by atoms with Gasteiger partial charge in [0.05, 0.1) is 16.8 Å². The lowest BCUT2D eigenvalue weighted by Crippen LogP contribution is -2.31. The summed E-state index contributed by atoms with van der Waals surface area (Å²) in [6, 6.07) is 2.33. The van der Waals surface area contributed by atoms with E-state index in [4.69, 9.17) is 5.26 Å². The fourth-order valence-corrected chi connectivity index (χ4v) is 3.39. The van der Waals surface area contributed by atoms with Crippen molar-refractivity contribution < 1.29 is 4.79 Å². The standard InChI is InChI=1S/C14H19N3OS/c1-9-13(19-10(2)17-9)14(18)16-8-12-5-3-11(7-15)4-6-12/h11-12H,3-6,8H2,1-2H3,(H,16,18). The molecule has 19 heavy (non-hydrogen) atoms. The first-order valence-corrected chi connectivity index (χ1v) is 7.53. The third-order valence-electron chi connectivity index (χ3n) is 3.69. The van der Waals surface area contributed by atoms with Crippen LogP contribution in [0, 0.1) is 37.0 Å². The molecule has 1 amide bonds. The molecule has 1 N–H and O–H groups in total. The maximum Gasteiger partial charge on any atom is 0.263 e. The molecule has 1 aliphatic carbocycles. The lowest BCUT2D eigenvalue weighted by Gasteiger charge is -2.24. The molecule has 1 aliphatic rings. The van der Waals surface area contributed by atoms with E-state index in [1.807, 2.05) is 13.8 Å². The first kappa shape index (κ1) is 14.0. The molecule has 1 fully saturated rings. The van der Waals surface area contributed by atoms with Crippen LogP contribution < -0.4 is 5.32 Å². The van der Waals surface area contributed by atoms with E-state index in [1.165, 1.54) is 11.3 Å². The Morgan fingerprint density at radius 2 is 2.11 bits per heavy atom. The van der Waals surface area contributed by atoms with Crippen LogP contribution in [-0.4, -0.2) is 17.4 Å². The zero-order valence-electron chi connectivity index (χ0n) is 11.4. The lowest BCUT2D eigenvalue weighted by atomic mass is 9.83. The normalized spacial score (nSPS) is 22.8. The quantitative estimate of drug-likeness (QED) is 0.924. The molecule has 1 aromatic rings. The summed E-state index contributed by atoms with van der Waals surface area (Å²) in [6.07, 6.45) is 4.02. The van der Waals surface area contributed by atoms with Crippen LogP contribution in [0.4, 0.5) is 0 Å². The van der Waals surface area contributed by atoms with E-state index in [0.29, 0.717) is 12.5 Å². The molecule has 0 spiro atoms. The van der Waals surface area contributed by atoms with Gasteiger partial charge in [-0.3, -0.25) is 4.79 Å². The van der Waals surface area contributed by atoms with Gasteiger partial charge in [0.1, 0.15) is 4.88 Å². The van der Waals surface area contributed by atoms with Gasteiger partial charge in [-0.1, -0.05) is 0 Å². The minimum Gasteiger partial charge on any atom is -0.351 e. The summed E-state index contributed by atoms with van der Waals surface area (Å²) in [6.45, 7) is 4.50. The third kappa shape index (κ3) is 3.54. The Morgan fingerprint density at radius 3 is 2.63 bits per heavy atom. The van der Waals surface area contributed by atoms with E-state index in [9.17, 15) is 4.79 Å². The molecule has 0 aliphatic heterocycles. The summed E-state index contributed by atoms with van der Waals surface area (Å²) in [5.41, 5.74) is 0.813. The zero-order chi connectivity index (χ0) is 13.8. The van der Waals surface area contributed by atoms with Crippen molar-refractivity contribution in [2.75, 3.05) is 6.54 Å². The molecule has 4 nitrogen and oxygen atoms in total. The molecular formula is C14H19N3OS. The Hall–Kier alpha value is -1.41. The monoisotopic (exact) mass is 277 g/mol. The first-order chi connectivity index (χ1) is 9.10. The second kappa shape index (κ2) is 6.16. The maximum absolute atomic E-state index is 12.0. The SMILES string of the molecule is Cc1nc(C)c(C(=O)NCC2CCC(C#N)CC2)s1. The van der Waals surface area contributed by atoms with Gasteiger partial charge in [0, 0.05) is 12.5 Å². The summed E-state index contributed by atoms with van der Waals surface area (Å²) in [5.74, 6) is 0.728. The van der Waals surface area contributed by atoms with Gasteiger partial charge in [-0.25, -0.2) is 4.98 Å². The number of aromatic nitrogens is 1. The second-order valence-corrected chi connectivity index (χ2v) is 6.41. The molecule has 0 saturated heterocycles. The predicted molar refractivity (Wildman–Crippen MR) is 75.0 cm³/mol. The smallest absolute Gasteiger partial charge is 0.263 e. The highest BCUT2D eigenvalue weighted by atomic mass is 32.1. The molecule has 0 unspecified atom stereocenters. The average Bonchev–Trinajstić information content (AvgIpc) is 2.75. The Labute approximate surface area is 117 Å². The van der Waals surface area contributed by atoms with Crippen molar-refractivity contribution in [2.24, 2.45) is 11.8 Å².